The minimum Gasteiger partial charge on any atom is -0.497 e. The highest BCUT2D eigenvalue weighted by atomic mass is 35.5. The zero-order valence-corrected chi connectivity index (χ0v) is 15.3. The van der Waals surface area contributed by atoms with Gasteiger partial charge in [0.25, 0.3) is 0 Å². The Morgan fingerprint density at radius 3 is 2.54 bits per heavy atom. The third-order valence-electron chi connectivity index (χ3n) is 4.58. The van der Waals surface area contributed by atoms with Crippen LogP contribution in [0.25, 0.3) is 0 Å². The van der Waals surface area contributed by atoms with Crippen LogP contribution in [0.4, 0.5) is 0 Å². The van der Waals surface area contributed by atoms with Crippen molar-refractivity contribution in [2.24, 2.45) is 0 Å². The van der Waals surface area contributed by atoms with E-state index in [1.54, 1.807) is 14.2 Å². The molecule has 0 spiro atoms. The highest BCUT2D eigenvalue weighted by Crippen LogP contribution is 2.24. The van der Waals surface area contributed by atoms with Crippen molar-refractivity contribution in [1.82, 2.24) is 4.90 Å². The van der Waals surface area contributed by atoms with Crippen LogP contribution in [-0.2, 0) is 19.4 Å². The monoisotopic (exact) mass is 347 g/mol. The number of aryl methyl sites for hydroxylation is 1. The van der Waals surface area contributed by atoms with Gasteiger partial charge in [-0.1, -0.05) is 18.2 Å². The molecule has 1 heterocycles. The molecule has 1 aliphatic heterocycles. The Labute approximate surface area is 151 Å². The summed E-state index contributed by atoms with van der Waals surface area (Å²) >= 11 is 0. The second-order valence-electron chi connectivity index (χ2n) is 6.12. The van der Waals surface area contributed by atoms with Crippen LogP contribution < -0.4 is 9.47 Å². The van der Waals surface area contributed by atoms with Crippen LogP contribution in [0, 0.1) is 0 Å². The molecule has 0 fully saturated rings. The summed E-state index contributed by atoms with van der Waals surface area (Å²) in [5.74, 6) is 1.92. The molecule has 3 rings (SSSR count). The maximum absolute atomic E-state index is 5.32. The van der Waals surface area contributed by atoms with Gasteiger partial charge < -0.3 is 9.47 Å². The van der Waals surface area contributed by atoms with Crippen LogP contribution in [0.15, 0.2) is 42.5 Å². The van der Waals surface area contributed by atoms with Gasteiger partial charge in [0.1, 0.15) is 11.5 Å². The van der Waals surface area contributed by atoms with Crippen LogP contribution in [0.1, 0.15) is 23.1 Å². The largest absolute Gasteiger partial charge is 0.497 e. The third-order valence-corrected chi connectivity index (χ3v) is 4.58. The van der Waals surface area contributed by atoms with Gasteiger partial charge in [-0.25, -0.2) is 0 Å². The predicted octanol–water partition coefficient (Wildman–Crippen LogP) is 4.12. The van der Waals surface area contributed by atoms with E-state index < -0.39 is 0 Å². The van der Waals surface area contributed by atoms with E-state index in [9.17, 15) is 0 Å². The van der Waals surface area contributed by atoms with E-state index in [0.29, 0.717) is 0 Å². The van der Waals surface area contributed by atoms with Gasteiger partial charge in [0.05, 0.1) is 14.2 Å². The van der Waals surface area contributed by atoms with Crippen molar-refractivity contribution < 1.29 is 9.47 Å². The lowest BCUT2D eigenvalue weighted by atomic mass is 9.99. The van der Waals surface area contributed by atoms with Gasteiger partial charge in [0.15, 0.2) is 0 Å². The van der Waals surface area contributed by atoms with E-state index in [0.717, 1.165) is 44.0 Å². The molecule has 0 N–H and O–H groups in total. The highest BCUT2D eigenvalue weighted by Gasteiger charge is 2.16. The molecule has 0 unspecified atom stereocenters. The number of halogens is 1. The van der Waals surface area contributed by atoms with Crippen molar-refractivity contribution in [3.8, 4) is 11.5 Å². The van der Waals surface area contributed by atoms with Crippen LogP contribution in [0.3, 0.4) is 0 Å². The Morgan fingerprint density at radius 1 is 0.958 bits per heavy atom. The first-order valence-corrected chi connectivity index (χ1v) is 8.29. The summed E-state index contributed by atoms with van der Waals surface area (Å²) in [6.45, 7) is 3.33. The lowest BCUT2D eigenvalue weighted by molar-refractivity contribution is 0.251. The van der Waals surface area contributed by atoms with Crippen molar-refractivity contribution in [1.29, 1.82) is 0 Å². The number of ether oxygens (including phenoxy) is 2. The van der Waals surface area contributed by atoms with Crippen LogP contribution in [-0.4, -0.2) is 32.2 Å². The quantitative estimate of drug-likeness (QED) is 0.784. The van der Waals surface area contributed by atoms with Crippen LogP contribution in [0.5, 0.6) is 11.5 Å². The Hall–Kier alpha value is -1.71. The summed E-state index contributed by atoms with van der Waals surface area (Å²) in [5.41, 5.74) is 4.23. The molecular weight excluding hydrogens is 322 g/mol. The number of hydrogen-bond acceptors (Lipinski definition) is 3. The second kappa shape index (κ2) is 8.95. The summed E-state index contributed by atoms with van der Waals surface area (Å²) in [6, 6.07) is 14.8. The Bertz CT molecular complexity index is 660. The zero-order chi connectivity index (χ0) is 16.1. The molecule has 24 heavy (non-hydrogen) atoms. The Morgan fingerprint density at radius 2 is 1.75 bits per heavy atom. The summed E-state index contributed by atoms with van der Waals surface area (Å²) in [6.07, 6.45) is 3.40. The van der Waals surface area contributed by atoms with Gasteiger partial charge in [-0.15, -0.1) is 12.4 Å². The van der Waals surface area contributed by atoms with E-state index in [4.69, 9.17) is 9.47 Å². The van der Waals surface area contributed by atoms with E-state index >= 15 is 0 Å². The average molecular weight is 348 g/mol. The fraction of sp³-hybridized carbons (Fsp3) is 0.400. The number of fused-ring (bicyclic) bond motifs is 1. The lowest BCUT2D eigenvalue weighted by Crippen LogP contribution is -2.31. The van der Waals surface area contributed by atoms with E-state index in [1.165, 1.54) is 23.1 Å². The number of rotatable bonds is 6. The number of benzene rings is 2. The fourth-order valence-electron chi connectivity index (χ4n) is 3.24. The minimum atomic E-state index is 0. The van der Waals surface area contributed by atoms with Gasteiger partial charge in [-0.3, -0.25) is 4.90 Å². The summed E-state index contributed by atoms with van der Waals surface area (Å²) < 4.78 is 10.6. The van der Waals surface area contributed by atoms with Gasteiger partial charge >= 0.3 is 0 Å². The van der Waals surface area contributed by atoms with Crippen molar-refractivity contribution in [2.45, 2.75) is 25.8 Å². The first kappa shape index (κ1) is 18.6. The van der Waals surface area contributed by atoms with E-state index in [-0.39, 0.29) is 12.4 Å². The Kier molecular flexibility index (Phi) is 6.95. The predicted molar refractivity (Wildman–Crippen MR) is 101 cm³/mol. The van der Waals surface area contributed by atoms with Gasteiger partial charge in [-0.2, -0.15) is 0 Å². The maximum Gasteiger partial charge on any atom is 0.119 e. The summed E-state index contributed by atoms with van der Waals surface area (Å²) in [7, 11) is 3.45. The highest BCUT2D eigenvalue weighted by molar-refractivity contribution is 5.85. The van der Waals surface area contributed by atoms with E-state index in [2.05, 4.69) is 41.3 Å². The topological polar surface area (TPSA) is 21.7 Å². The SMILES string of the molecule is COc1cccc(CCCN2CCc3cc(OC)ccc3C2)c1.Cl. The van der Waals surface area contributed by atoms with Gasteiger partial charge in [-0.05, 0) is 66.8 Å². The van der Waals surface area contributed by atoms with Crippen molar-refractivity contribution in [3.63, 3.8) is 0 Å². The molecule has 0 radical (unpaired) electrons. The minimum absolute atomic E-state index is 0. The molecular formula is C20H26ClNO2. The maximum atomic E-state index is 5.32. The molecule has 2 aromatic carbocycles. The van der Waals surface area contributed by atoms with Crippen LogP contribution in [0.2, 0.25) is 0 Å². The number of nitrogens with zero attached hydrogens (tertiary/aromatic N) is 1. The molecule has 4 heteroatoms. The Balaban J connectivity index is 0.00000208. The summed E-state index contributed by atoms with van der Waals surface area (Å²) in [4.78, 5) is 2.55. The molecule has 0 saturated heterocycles. The smallest absolute Gasteiger partial charge is 0.119 e. The molecule has 0 bridgehead atoms. The lowest BCUT2D eigenvalue weighted by Gasteiger charge is -2.29. The second-order valence-corrected chi connectivity index (χ2v) is 6.12. The molecule has 0 aliphatic carbocycles. The van der Waals surface area contributed by atoms with E-state index in [1.807, 2.05) is 6.07 Å². The molecule has 1 aliphatic rings. The molecule has 3 nitrogen and oxygen atoms in total. The summed E-state index contributed by atoms with van der Waals surface area (Å²) in [5, 5.41) is 0. The molecule has 0 aromatic heterocycles. The average Bonchev–Trinajstić information content (AvgIpc) is 2.61. The fourth-order valence-corrected chi connectivity index (χ4v) is 3.24. The molecule has 2 aromatic rings. The molecule has 0 saturated carbocycles. The van der Waals surface area contributed by atoms with Gasteiger partial charge in [0.2, 0.25) is 0 Å². The molecule has 0 amide bonds. The first-order chi connectivity index (χ1) is 11.3. The standard InChI is InChI=1S/C20H25NO2.ClH/c1-22-19-7-3-5-16(13-19)6-4-11-21-12-10-17-14-20(23-2)9-8-18(17)15-21;/h3,5,7-9,13-14H,4,6,10-12,15H2,1-2H3;1H. The first-order valence-electron chi connectivity index (χ1n) is 8.29. The normalized spacial score (nSPS) is 13.8. The van der Waals surface area contributed by atoms with Crippen molar-refractivity contribution >= 4 is 12.4 Å². The molecule has 0 atom stereocenters. The zero-order valence-electron chi connectivity index (χ0n) is 14.5. The third kappa shape index (κ3) is 4.65. The van der Waals surface area contributed by atoms with Gasteiger partial charge in [0, 0.05) is 13.1 Å². The molecule has 130 valence electrons. The number of methoxy groups -OCH3 is 2. The number of hydrogen-bond donors (Lipinski definition) is 0. The van der Waals surface area contributed by atoms with Crippen molar-refractivity contribution in [2.75, 3.05) is 27.3 Å². The van der Waals surface area contributed by atoms with Crippen molar-refractivity contribution in [3.05, 3.63) is 59.2 Å². The van der Waals surface area contributed by atoms with Crippen LogP contribution >= 0.6 is 12.4 Å².